The maximum absolute atomic E-state index is 15.5. The van der Waals surface area contributed by atoms with Gasteiger partial charge in [-0.25, -0.2) is 22.0 Å². The van der Waals surface area contributed by atoms with Crippen molar-refractivity contribution in [3.8, 4) is 34.8 Å². The van der Waals surface area contributed by atoms with E-state index in [2.05, 4.69) is 24.8 Å². The lowest BCUT2D eigenvalue weighted by molar-refractivity contribution is -0.0696. The van der Waals surface area contributed by atoms with Gasteiger partial charge in [-0.3, -0.25) is 0 Å². The first-order valence-electron chi connectivity index (χ1n) is 12.3. The van der Waals surface area contributed by atoms with Gasteiger partial charge in [0.15, 0.2) is 5.82 Å². The highest BCUT2D eigenvalue weighted by molar-refractivity contribution is 5.93. The fourth-order valence-corrected chi connectivity index (χ4v) is 4.71. The van der Waals surface area contributed by atoms with Crippen molar-refractivity contribution in [3.63, 3.8) is 0 Å². The average molecular weight is 554 g/mol. The highest BCUT2D eigenvalue weighted by atomic mass is 19.4. The third kappa shape index (κ3) is 5.40. The Hall–Kier alpha value is -4.30. The maximum Gasteiger partial charge on any atom is 0.458 e. The second-order valence-corrected chi connectivity index (χ2v) is 9.69. The monoisotopic (exact) mass is 554 g/mol. The molecule has 0 nitrogen and oxygen atoms in total. The molecule has 4 aromatic rings. The molecule has 0 saturated heterocycles. The smallest absolute Gasteiger partial charge is 0.206 e. The van der Waals surface area contributed by atoms with Crippen molar-refractivity contribution >= 4 is 21.5 Å². The van der Waals surface area contributed by atoms with Crippen LogP contribution in [0.15, 0.2) is 54.1 Å². The first kappa shape index (κ1) is 27.3. The van der Waals surface area contributed by atoms with Crippen LogP contribution in [0.3, 0.4) is 0 Å². The summed E-state index contributed by atoms with van der Waals surface area (Å²) in [6.07, 6.45) is -0.0828. The Balaban J connectivity index is 1.57. The van der Waals surface area contributed by atoms with Crippen molar-refractivity contribution in [2.24, 2.45) is 5.92 Å². The van der Waals surface area contributed by atoms with Crippen LogP contribution in [0.25, 0.3) is 32.7 Å². The molecule has 1 aliphatic carbocycles. The Kier molecular flexibility index (Phi) is 7.06. The summed E-state index contributed by atoms with van der Waals surface area (Å²) < 4.78 is 112. The van der Waals surface area contributed by atoms with Gasteiger partial charge in [-0.15, -0.1) is 0 Å². The van der Waals surface area contributed by atoms with Gasteiger partial charge < -0.3 is 0 Å². The van der Waals surface area contributed by atoms with E-state index in [1.54, 1.807) is 6.07 Å². The summed E-state index contributed by atoms with van der Waals surface area (Å²) in [6, 6.07) is 7.72. The molecular formula is C32H18F8. The minimum atomic E-state index is -5.03. The lowest BCUT2D eigenvalue weighted by Gasteiger charge is -2.14. The van der Waals surface area contributed by atoms with Gasteiger partial charge in [0.05, 0.1) is 16.5 Å². The number of benzene rings is 4. The fraction of sp³-hybridized carbons (Fsp3) is 0.188. The molecule has 202 valence electrons. The minimum Gasteiger partial charge on any atom is -0.206 e. The van der Waals surface area contributed by atoms with Crippen molar-refractivity contribution < 1.29 is 35.1 Å². The van der Waals surface area contributed by atoms with E-state index in [9.17, 15) is 26.3 Å². The van der Waals surface area contributed by atoms with E-state index >= 15 is 8.78 Å². The van der Waals surface area contributed by atoms with Crippen molar-refractivity contribution in [1.82, 2.24) is 0 Å². The van der Waals surface area contributed by atoms with E-state index in [0.29, 0.717) is 23.6 Å². The molecule has 0 saturated carbocycles. The van der Waals surface area contributed by atoms with Crippen molar-refractivity contribution in [1.29, 1.82) is 0 Å². The Morgan fingerprint density at radius 3 is 2.23 bits per heavy atom. The van der Waals surface area contributed by atoms with Gasteiger partial charge >= 0.3 is 6.18 Å². The van der Waals surface area contributed by atoms with Gasteiger partial charge in [0, 0.05) is 16.9 Å². The van der Waals surface area contributed by atoms with Crippen LogP contribution >= 0.6 is 0 Å². The van der Waals surface area contributed by atoms with E-state index in [-0.39, 0.29) is 16.3 Å². The summed E-state index contributed by atoms with van der Waals surface area (Å²) in [5.74, 6) is 2.24. The molecule has 0 heterocycles. The van der Waals surface area contributed by atoms with Gasteiger partial charge in [-0.1, -0.05) is 36.8 Å². The van der Waals surface area contributed by atoms with Crippen LogP contribution in [-0.2, 0) is 0 Å². The minimum absolute atomic E-state index is 0.0169. The Morgan fingerprint density at radius 2 is 1.52 bits per heavy atom. The second kappa shape index (κ2) is 10.4. The quantitative estimate of drug-likeness (QED) is 0.162. The lowest BCUT2D eigenvalue weighted by atomic mass is 9.91. The Morgan fingerprint density at radius 1 is 0.775 bits per heavy atom. The normalized spacial score (nSPS) is 15.3. The molecule has 5 rings (SSSR count). The largest absolute Gasteiger partial charge is 0.458 e. The number of rotatable bonds is 1. The predicted octanol–water partition coefficient (Wildman–Crippen LogP) is 9.37. The highest BCUT2D eigenvalue weighted by Gasteiger charge is 2.25. The second-order valence-electron chi connectivity index (χ2n) is 9.69. The summed E-state index contributed by atoms with van der Waals surface area (Å²) in [5.41, 5.74) is -0.692. The summed E-state index contributed by atoms with van der Waals surface area (Å²) in [4.78, 5) is 0. The standard InChI is InChI=1S/C32H18F8/c1-17-2-4-18(5-3-17)6-7-19-8-9-23-20(12-19)14-26(34)28(30(23)36)22-13-21-15-25(33)24(10-11-32(38,39)40)31(37)29(21)27(35)16-22/h4,8-9,12-17H,2-3,5H2,1H3. The molecule has 0 radical (unpaired) electrons. The van der Waals surface area contributed by atoms with Gasteiger partial charge in [0.1, 0.15) is 23.3 Å². The molecule has 1 aliphatic rings. The van der Waals surface area contributed by atoms with Crippen molar-refractivity contribution in [2.45, 2.75) is 32.4 Å². The SMILES string of the molecule is CC1CC=C(C#Cc2ccc3c(F)c(-c4cc(F)c5c(F)c(C#CC(F)(F)F)c(F)cc5c4)c(F)cc3c2)CC1. The van der Waals surface area contributed by atoms with Crippen molar-refractivity contribution in [3.05, 3.63) is 94.3 Å². The molecular weight excluding hydrogens is 536 g/mol. The number of halogens is 8. The summed E-state index contributed by atoms with van der Waals surface area (Å²) in [6.45, 7) is 2.16. The lowest BCUT2D eigenvalue weighted by Crippen LogP contribution is -2.03. The zero-order valence-corrected chi connectivity index (χ0v) is 20.8. The fourth-order valence-electron chi connectivity index (χ4n) is 4.71. The average Bonchev–Trinajstić information content (AvgIpc) is 2.87. The molecule has 0 fully saturated rings. The maximum atomic E-state index is 15.5. The summed E-state index contributed by atoms with van der Waals surface area (Å²) in [7, 11) is 0. The van der Waals surface area contributed by atoms with E-state index in [4.69, 9.17) is 0 Å². The molecule has 1 unspecified atom stereocenters. The first-order chi connectivity index (χ1) is 18.9. The number of hydrogen-bond acceptors (Lipinski definition) is 0. The van der Waals surface area contributed by atoms with E-state index in [1.807, 2.05) is 0 Å². The Labute approximate surface area is 224 Å². The van der Waals surface area contributed by atoms with Crippen LogP contribution in [0, 0.1) is 58.7 Å². The molecule has 0 amide bonds. The molecule has 0 aliphatic heterocycles. The highest BCUT2D eigenvalue weighted by Crippen LogP contribution is 2.36. The van der Waals surface area contributed by atoms with Gasteiger partial charge in [-0.2, -0.15) is 13.2 Å². The zero-order chi connectivity index (χ0) is 28.8. The van der Waals surface area contributed by atoms with Gasteiger partial charge in [0.25, 0.3) is 0 Å². The summed E-state index contributed by atoms with van der Waals surface area (Å²) in [5, 5.41) is -1.08. The molecule has 4 aromatic carbocycles. The first-order valence-corrected chi connectivity index (χ1v) is 12.3. The van der Waals surface area contributed by atoms with Crippen LogP contribution in [0.5, 0.6) is 0 Å². The number of allylic oxidation sites excluding steroid dienone is 2. The molecule has 0 bridgehead atoms. The van der Waals surface area contributed by atoms with Crippen LogP contribution in [-0.4, -0.2) is 6.18 Å². The van der Waals surface area contributed by atoms with Crippen LogP contribution in [0.4, 0.5) is 35.1 Å². The third-order valence-corrected chi connectivity index (χ3v) is 6.77. The van der Waals surface area contributed by atoms with E-state index in [0.717, 1.165) is 42.9 Å². The summed E-state index contributed by atoms with van der Waals surface area (Å²) >= 11 is 0. The third-order valence-electron chi connectivity index (χ3n) is 6.77. The number of alkyl halides is 3. The zero-order valence-electron chi connectivity index (χ0n) is 20.8. The van der Waals surface area contributed by atoms with Crippen LogP contribution < -0.4 is 0 Å². The van der Waals surface area contributed by atoms with E-state index < -0.39 is 57.2 Å². The molecule has 8 heteroatoms. The topological polar surface area (TPSA) is 0 Å². The molecule has 0 spiro atoms. The molecule has 40 heavy (non-hydrogen) atoms. The van der Waals surface area contributed by atoms with Gasteiger partial charge in [-0.05, 0) is 83.5 Å². The van der Waals surface area contributed by atoms with Crippen LogP contribution in [0.2, 0.25) is 0 Å². The number of hydrogen-bond donors (Lipinski definition) is 0. The molecule has 0 N–H and O–H groups in total. The van der Waals surface area contributed by atoms with Crippen molar-refractivity contribution in [2.75, 3.05) is 0 Å². The Bertz CT molecular complexity index is 1840. The number of fused-ring (bicyclic) bond motifs is 2. The van der Waals surface area contributed by atoms with Gasteiger partial charge in [0.2, 0.25) is 0 Å². The van der Waals surface area contributed by atoms with E-state index in [1.165, 1.54) is 18.1 Å². The van der Waals surface area contributed by atoms with Crippen LogP contribution in [0.1, 0.15) is 37.3 Å². The molecule has 1 atom stereocenters. The predicted molar refractivity (Wildman–Crippen MR) is 138 cm³/mol. The molecule has 0 aromatic heterocycles.